The zero-order chi connectivity index (χ0) is 15.7. The van der Waals surface area contributed by atoms with Crippen LogP contribution in [0, 0.1) is 5.41 Å². The highest BCUT2D eigenvalue weighted by molar-refractivity contribution is 7.09. The number of thiazole rings is 1. The highest BCUT2D eigenvalue weighted by Crippen LogP contribution is 2.41. The molecule has 0 N–H and O–H groups in total. The van der Waals surface area contributed by atoms with Crippen LogP contribution in [0.2, 0.25) is 0 Å². The summed E-state index contributed by atoms with van der Waals surface area (Å²) in [6.07, 6.45) is 8.73. The summed E-state index contributed by atoms with van der Waals surface area (Å²) in [7, 11) is 0. The topological polar surface area (TPSA) is 62.2 Å². The van der Waals surface area contributed by atoms with Gasteiger partial charge < -0.3 is 4.90 Å². The first-order valence-corrected chi connectivity index (χ1v) is 8.78. The summed E-state index contributed by atoms with van der Waals surface area (Å²) in [5.41, 5.74) is 0.846. The van der Waals surface area contributed by atoms with E-state index in [1.54, 1.807) is 29.9 Å². The van der Waals surface area contributed by atoms with Crippen molar-refractivity contribution in [3.8, 4) is 0 Å². The van der Waals surface area contributed by atoms with Gasteiger partial charge in [-0.15, -0.1) is 11.3 Å². The minimum atomic E-state index is 0.00640. The van der Waals surface area contributed by atoms with Crippen LogP contribution in [0.1, 0.15) is 28.3 Å². The molecular weight excluding hydrogens is 310 g/mol. The van der Waals surface area contributed by atoms with E-state index >= 15 is 0 Å². The highest BCUT2D eigenvalue weighted by Gasteiger charge is 2.45. The number of piperidine rings is 1. The second-order valence-corrected chi connectivity index (χ2v) is 7.43. The normalized spacial score (nSPS) is 20.4. The fourth-order valence-electron chi connectivity index (χ4n) is 3.61. The van der Waals surface area contributed by atoms with Crippen molar-refractivity contribution in [3.05, 3.63) is 40.9 Å². The number of aromatic nitrogens is 3. The third-order valence-corrected chi connectivity index (χ3v) is 5.62. The molecule has 23 heavy (non-hydrogen) atoms. The van der Waals surface area contributed by atoms with Crippen molar-refractivity contribution >= 4 is 17.2 Å². The summed E-state index contributed by atoms with van der Waals surface area (Å²) in [6.45, 7) is 4.85. The third-order valence-electron chi connectivity index (χ3n) is 4.85. The lowest BCUT2D eigenvalue weighted by molar-refractivity contribution is -0.0466. The van der Waals surface area contributed by atoms with Crippen LogP contribution in [0.5, 0.6) is 0 Å². The van der Waals surface area contributed by atoms with Crippen molar-refractivity contribution in [3.63, 3.8) is 0 Å². The Hall–Kier alpha value is -1.86. The smallest absolute Gasteiger partial charge is 0.274 e. The monoisotopic (exact) mass is 329 g/mol. The van der Waals surface area contributed by atoms with E-state index in [1.165, 1.54) is 5.01 Å². The molecule has 0 bridgehead atoms. The van der Waals surface area contributed by atoms with Crippen molar-refractivity contribution in [2.75, 3.05) is 26.2 Å². The van der Waals surface area contributed by atoms with Crippen LogP contribution in [0.3, 0.4) is 0 Å². The van der Waals surface area contributed by atoms with Crippen LogP contribution in [0.4, 0.5) is 0 Å². The van der Waals surface area contributed by atoms with Crippen LogP contribution < -0.4 is 0 Å². The standard InChI is InChI=1S/C16H19N5OS/c22-15(13-9-17-3-4-18-13)21-6-1-16(2-7-21)11-20(12-16)10-14-19-5-8-23-14/h3-5,8-9H,1-2,6-7,10-12H2. The van der Waals surface area contributed by atoms with Crippen molar-refractivity contribution in [2.24, 2.45) is 5.41 Å². The molecule has 4 heterocycles. The van der Waals surface area contributed by atoms with Crippen LogP contribution in [0.15, 0.2) is 30.2 Å². The van der Waals surface area contributed by atoms with Crippen LogP contribution in [-0.2, 0) is 6.54 Å². The summed E-state index contributed by atoms with van der Waals surface area (Å²) < 4.78 is 0. The van der Waals surface area contributed by atoms with E-state index in [2.05, 4.69) is 19.9 Å². The van der Waals surface area contributed by atoms with E-state index < -0.39 is 0 Å². The maximum Gasteiger partial charge on any atom is 0.274 e. The number of likely N-dealkylation sites (tertiary alicyclic amines) is 2. The molecule has 2 aromatic rings. The highest BCUT2D eigenvalue weighted by atomic mass is 32.1. The van der Waals surface area contributed by atoms with Gasteiger partial charge in [0.25, 0.3) is 5.91 Å². The fourth-order valence-corrected chi connectivity index (χ4v) is 4.27. The molecule has 0 atom stereocenters. The molecule has 6 nitrogen and oxygen atoms in total. The van der Waals surface area contributed by atoms with Crippen LogP contribution >= 0.6 is 11.3 Å². The van der Waals surface area contributed by atoms with Crippen molar-refractivity contribution < 1.29 is 4.79 Å². The lowest BCUT2D eigenvalue weighted by Gasteiger charge is -2.53. The Morgan fingerprint density at radius 3 is 2.65 bits per heavy atom. The predicted octanol–water partition coefficient (Wildman–Crippen LogP) is 1.67. The summed E-state index contributed by atoms with van der Waals surface area (Å²) in [6, 6.07) is 0. The summed E-state index contributed by atoms with van der Waals surface area (Å²) in [4.78, 5) is 29.2. The molecule has 2 aliphatic heterocycles. The van der Waals surface area contributed by atoms with Gasteiger partial charge in [0.05, 0.1) is 12.7 Å². The molecule has 4 rings (SSSR count). The van der Waals surface area contributed by atoms with Gasteiger partial charge in [0.2, 0.25) is 0 Å². The maximum atomic E-state index is 12.4. The first kappa shape index (κ1) is 14.7. The minimum Gasteiger partial charge on any atom is -0.337 e. The number of carbonyl (C=O) groups excluding carboxylic acids is 1. The average molecular weight is 329 g/mol. The molecule has 0 aliphatic carbocycles. The number of hydrogen-bond donors (Lipinski definition) is 0. The molecule has 2 fully saturated rings. The fraction of sp³-hybridized carbons (Fsp3) is 0.500. The molecule has 120 valence electrons. The summed E-state index contributed by atoms with van der Waals surface area (Å²) >= 11 is 1.72. The average Bonchev–Trinajstić information content (AvgIpc) is 3.07. The minimum absolute atomic E-state index is 0.00640. The van der Waals surface area contributed by atoms with Crippen molar-refractivity contribution in [1.29, 1.82) is 0 Å². The van der Waals surface area contributed by atoms with E-state index in [1.807, 2.05) is 16.5 Å². The Morgan fingerprint density at radius 2 is 2.00 bits per heavy atom. The lowest BCUT2D eigenvalue weighted by atomic mass is 9.72. The van der Waals surface area contributed by atoms with Crippen LogP contribution in [-0.4, -0.2) is 56.8 Å². The van der Waals surface area contributed by atoms with E-state index in [-0.39, 0.29) is 5.91 Å². The molecule has 2 saturated heterocycles. The number of rotatable bonds is 3. The Kier molecular flexibility index (Phi) is 3.82. The van der Waals surface area contributed by atoms with E-state index in [4.69, 9.17) is 0 Å². The number of carbonyl (C=O) groups is 1. The summed E-state index contributed by atoms with van der Waals surface area (Å²) in [5, 5.41) is 3.22. The zero-order valence-electron chi connectivity index (χ0n) is 12.9. The zero-order valence-corrected chi connectivity index (χ0v) is 13.7. The van der Waals surface area contributed by atoms with Gasteiger partial charge in [-0.1, -0.05) is 0 Å². The second kappa shape index (κ2) is 5.98. The quantitative estimate of drug-likeness (QED) is 0.857. The maximum absolute atomic E-state index is 12.4. The molecule has 0 radical (unpaired) electrons. The summed E-state index contributed by atoms with van der Waals surface area (Å²) in [5.74, 6) is 0.00640. The molecule has 2 aliphatic rings. The van der Waals surface area contributed by atoms with Gasteiger partial charge in [0.15, 0.2) is 0 Å². The Labute approximate surface area is 139 Å². The molecule has 0 saturated carbocycles. The van der Waals surface area contributed by atoms with E-state index in [0.29, 0.717) is 11.1 Å². The second-order valence-electron chi connectivity index (χ2n) is 6.45. The largest absolute Gasteiger partial charge is 0.337 e. The molecular formula is C16H19N5OS. The van der Waals surface area contributed by atoms with Gasteiger partial charge in [-0.2, -0.15) is 0 Å². The lowest BCUT2D eigenvalue weighted by Crippen LogP contribution is -2.60. The van der Waals surface area contributed by atoms with Gasteiger partial charge >= 0.3 is 0 Å². The van der Waals surface area contributed by atoms with Gasteiger partial charge in [-0.05, 0) is 18.3 Å². The Bertz CT molecular complexity index is 659. The van der Waals surface area contributed by atoms with Crippen LogP contribution in [0.25, 0.3) is 0 Å². The van der Waals surface area contributed by atoms with Gasteiger partial charge in [0, 0.05) is 50.1 Å². The van der Waals surface area contributed by atoms with Crippen molar-refractivity contribution in [1.82, 2.24) is 24.8 Å². The van der Waals surface area contributed by atoms with Gasteiger partial charge in [-0.25, -0.2) is 9.97 Å². The first-order chi connectivity index (χ1) is 11.2. The molecule has 2 aromatic heterocycles. The molecule has 7 heteroatoms. The van der Waals surface area contributed by atoms with E-state index in [0.717, 1.165) is 45.6 Å². The molecule has 0 aromatic carbocycles. The molecule has 1 spiro atoms. The number of hydrogen-bond acceptors (Lipinski definition) is 6. The van der Waals surface area contributed by atoms with Gasteiger partial charge in [0.1, 0.15) is 10.7 Å². The molecule has 0 unspecified atom stereocenters. The SMILES string of the molecule is O=C(c1cnccn1)N1CCC2(CC1)CN(Cc1nccs1)C2. The predicted molar refractivity (Wildman–Crippen MR) is 87.0 cm³/mol. The number of nitrogens with zero attached hydrogens (tertiary/aromatic N) is 5. The first-order valence-electron chi connectivity index (χ1n) is 7.90. The molecule has 1 amide bonds. The van der Waals surface area contributed by atoms with Crippen molar-refractivity contribution in [2.45, 2.75) is 19.4 Å². The Morgan fingerprint density at radius 1 is 1.17 bits per heavy atom. The van der Waals surface area contributed by atoms with Gasteiger partial charge in [-0.3, -0.25) is 14.7 Å². The van der Waals surface area contributed by atoms with E-state index in [9.17, 15) is 4.79 Å². The Balaban J connectivity index is 1.29. The third kappa shape index (κ3) is 2.98. The number of amides is 1.